The maximum Gasteiger partial charge on any atom is 0.177 e. The molecule has 1 atom stereocenters. The predicted molar refractivity (Wildman–Crippen MR) is 56.6 cm³/mol. The molecule has 2 nitrogen and oxygen atoms in total. The van der Waals surface area contributed by atoms with E-state index in [0.717, 1.165) is 4.48 Å². The van der Waals surface area contributed by atoms with Crippen LogP contribution in [0.15, 0.2) is 24.5 Å². The van der Waals surface area contributed by atoms with Crippen molar-refractivity contribution >= 4 is 0 Å². The van der Waals surface area contributed by atoms with Gasteiger partial charge in [-0.05, 0) is 6.07 Å². The van der Waals surface area contributed by atoms with E-state index in [-0.39, 0.29) is 0 Å². The third kappa shape index (κ3) is 1.67. The van der Waals surface area contributed by atoms with Crippen molar-refractivity contribution < 1.29 is 9.05 Å². The second-order valence-corrected chi connectivity index (χ2v) is 4.96. The Kier molecular flexibility index (Phi) is 2.31. The third-order valence-corrected chi connectivity index (χ3v) is 3.40. The van der Waals surface area contributed by atoms with E-state index in [1.807, 2.05) is 0 Å². The number of aromatic nitrogens is 1. The molecule has 76 valence electrons. The van der Waals surface area contributed by atoms with Gasteiger partial charge < -0.3 is 4.48 Å². The zero-order chi connectivity index (χ0) is 10.2. The maximum absolute atomic E-state index is 2.34. The minimum absolute atomic E-state index is 0.697. The molecular formula is C12H20N2+2. The Morgan fingerprint density at radius 1 is 1.43 bits per heavy atom. The van der Waals surface area contributed by atoms with Gasteiger partial charge in [0.25, 0.3) is 0 Å². The van der Waals surface area contributed by atoms with Crippen molar-refractivity contribution in [2.24, 2.45) is 7.05 Å². The van der Waals surface area contributed by atoms with Gasteiger partial charge in [0.2, 0.25) is 0 Å². The first-order valence-corrected chi connectivity index (χ1v) is 5.37. The number of hydrogen-bond acceptors (Lipinski definition) is 0. The summed E-state index contributed by atoms with van der Waals surface area (Å²) in [5.41, 5.74) is 1.48. The first-order chi connectivity index (χ1) is 6.59. The molecule has 0 aliphatic carbocycles. The Morgan fingerprint density at radius 2 is 2.21 bits per heavy atom. The van der Waals surface area contributed by atoms with Crippen molar-refractivity contribution in [3.63, 3.8) is 0 Å². The maximum atomic E-state index is 2.34. The summed E-state index contributed by atoms with van der Waals surface area (Å²) in [6.45, 7) is 1.31. The standard InChI is InChI=1S/C12H20N2/c1-13-8-4-6-11(10-13)12-7-5-9-14(12,2)3/h4,6,8,10,12H,5,7,9H2,1-3H3/q+2/t12-/m0/s1. The number of nitrogens with zero attached hydrogens (tertiary/aromatic N) is 2. The molecule has 0 bridgehead atoms. The average molecular weight is 192 g/mol. The first kappa shape index (κ1) is 9.66. The number of rotatable bonds is 1. The minimum atomic E-state index is 0.697. The molecule has 0 saturated carbocycles. The lowest BCUT2D eigenvalue weighted by atomic mass is 10.1. The molecule has 1 aliphatic rings. The first-order valence-electron chi connectivity index (χ1n) is 5.37. The van der Waals surface area contributed by atoms with Gasteiger partial charge in [0.05, 0.1) is 26.2 Å². The van der Waals surface area contributed by atoms with E-state index in [1.54, 1.807) is 0 Å². The minimum Gasteiger partial charge on any atom is -0.322 e. The molecule has 1 aliphatic heterocycles. The van der Waals surface area contributed by atoms with Crippen molar-refractivity contribution in [2.75, 3.05) is 20.6 Å². The number of aryl methyl sites for hydroxylation is 1. The molecule has 2 heteroatoms. The zero-order valence-electron chi connectivity index (χ0n) is 9.40. The number of hydrogen-bond donors (Lipinski definition) is 0. The molecular weight excluding hydrogens is 172 g/mol. The van der Waals surface area contributed by atoms with Crippen molar-refractivity contribution in [3.05, 3.63) is 30.1 Å². The van der Waals surface area contributed by atoms with Crippen LogP contribution in [-0.4, -0.2) is 25.1 Å². The number of quaternary nitrogens is 1. The van der Waals surface area contributed by atoms with E-state index >= 15 is 0 Å². The highest BCUT2D eigenvalue weighted by atomic mass is 15.3. The number of likely N-dealkylation sites (tertiary alicyclic amines) is 1. The lowest BCUT2D eigenvalue weighted by molar-refractivity contribution is -0.908. The van der Waals surface area contributed by atoms with Crippen molar-refractivity contribution in [3.8, 4) is 0 Å². The van der Waals surface area contributed by atoms with Crippen molar-refractivity contribution in [1.82, 2.24) is 0 Å². The summed E-state index contributed by atoms with van der Waals surface area (Å²) >= 11 is 0. The Balaban J connectivity index is 2.31. The van der Waals surface area contributed by atoms with E-state index in [1.165, 1.54) is 24.9 Å². The SMILES string of the molecule is C[n+]1cccc([C@@H]2CCC[N+]2(C)C)c1. The summed E-state index contributed by atoms with van der Waals surface area (Å²) in [5.74, 6) is 0. The fourth-order valence-corrected chi connectivity index (χ4v) is 2.58. The van der Waals surface area contributed by atoms with Crippen LogP contribution in [0.2, 0.25) is 0 Å². The van der Waals surface area contributed by atoms with Gasteiger partial charge in [-0.25, -0.2) is 4.57 Å². The van der Waals surface area contributed by atoms with Crippen molar-refractivity contribution in [1.29, 1.82) is 0 Å². The highest BCUT2D eigenvalue weighted by molar-refractivity contribution is 5.10. The van der Waals surface area contributed by atoms with Crippen LogP contribution < -0.4 is 4.57 Å². The van der Waals surface area contributed by atoms with Gasteiger partial charge in [-0.15, -0.1) is 0 Å². The molecule has 0 spiro atoms. The van der Waals surface area contributed by atoms with Crippen LogP contribution in [-0.2, 0) is 7.05 Å². The van der Waals surface area contributed by atoms with E-state index in [4.69, 9.17) is 0 Å². The smallest absolute Gasteiger partial charge is 0.177 e. The van der Waals surface area contributed by atoms with Gasteiger partial charge in [0.1, 0.15) is 13.1 Å². The van der Waals surface area contributed by atoms with Gasteiger partial charge in [0, 0.05) is 18.9 Å². The van der Waals surface area contributed by atoms with Crippen LogP contribution in [0.1, 0.15) is 24.4 Å². The van der Waals surface area contributed by atoms with E-state index in [9.17, 15) is 0 Å². The fourth-order valence-electron chi connectivity index (χ4n) is 2.58. The van der Waals surface area contributed by atoms with Crippen molar-refractivity contribution in [2.45, 2.75) is 18.9 Å². The molecule has 0 N–H and O–H groups in total. The van der Waals surface area contributed by atoms with Gasteiger partial charge in [-0.1, -0.05) is 0 Å². The van der Waals surface area contributed by atoms with Crippen LogP contribution in [0.4, 0.5) is 0 Å². The quantitative estimate of drug-likeness (QED) is 0.468. The lowest BCUT2D eigenvalue weighted by Crippen LogP contribution is -2.39. The Morgan fingerprint density at radius 3 is 2.79 bits per heavy atom. The van der Waals surface area contributed by atoms with E-state index in [0.29, 0.717) is 6.04 Å². The topological polar surface area (TPSA) is 3.88 Å². The monoisotopic (exact) mass is 192 g/mol. The molecule has 14 heavy (non-hydrogen) atoms. The molecule has 1 aromatic heterocycles. The largest absolute Gasteiger partial charge is 0.322 e. The second-order valence-electron chi connectivity index (χ2n) is 4.96. The third-order valence-electron chi connectivity index (χ3n) is 3.40. The Labute approximate surface area is 86.4 Å². The normalized spacial score (nSPS) is 25.2. The second kappa shape index (κ2) is 3.35. The highest BCUT2D eigenvalue weighted by Gasteiger charge is 2.36. The van der Waals surface area contributed by atoms with Gasteiger partial charge in [-0.3, -0.25) is 0 Å². The fraction of sp³-hybridized carbons (Fsp3) is 0.583. The summed E-state index contributed by atoms with van der Waals surface area (Å²) < 4.78 is 3.29. The van der Waals surface area contributed by atoms with Crippen LogP contribution >= 0.6 is 0 Å². The zero-order valence-corrected chi connectivity index (χ0v) is 9.40. The molecule has 0 unspecified atom stereocenters. The molecule has 2 rings (SSSR count). The van der Waals surface area contributed by atoms with Crippen LogP contribution in [0.25, 0.3) is 0 Å². The summed E-state index contributed by atoms with van der Waals surface area (Å²) in [6.07, 6.45) is 7.04. The molecule has 2 heterocycles. The molecule has 1 saturated heterocycles. The molecule has 0 amide bonds. The Bertz CT molecular complexity index is 331. The molecule has 0 aromatic carbocycles. The van der Waals surface area contributed by atoms with Gasteiger partial charge in [0.15, 0.2) is 12.4 Å². The summed E-state index contributed by atoms with van der Waals surface area (Å²) in [7, 11) is 6.77. The van der Waals surface area contributed by atoms with Gasteiger partial charge >= 0.3 is 0 Å². The van der Waals surface area contributed by atoms with E-state index < -0.39 is 0 Å². The van der Waals surface area contributed by atoms with Crippen LogP contribution in [0.3, 0.4) is 0 Å². The molecule has 1 aromatic rings. The highest BCUT2D eigenvalue weighted by Crippen LogP contribution is 2.34. The van der Waals surface area contributed by atoms with Crippen LogP contribution in [0, 0.1) is 0 Å². The number of pyridine rings is 1. The van der Waals surface area contributed by atoms with Crippen LogP contribution in [0.5, 0.6) is 0 Å². The summed E-state index contributed by atoms with van der Waals surface area (Å²) in [5, 5.41) is 0. The van der Waals surface area contributed by atoms with E-state index in [2.05, 4.69) is 50.2 Å². The molecule has 0 radical (unpaired) electrons. The summed E-state index contributed by atoms with van der Waals surface area (Å²) in [6, 6.07) is 5.10. The van der Waals surface area contributed by atoms with Gasteiger partial charge in [-0.2, -0.15) is 0 Å². The molecule has 1 fully saturated rings. The summed E-state index contributed by atoms with van der Waals surface area (Å²) in [4.78, 5) is 0. The Hall–Kier alpha value is -0.890. The predicted octanol–water partition coefficient (Wildman–Crippen LogP) is 1.42. The lowest BCUT2D eigenvalue weighted by Gasteiger charge is -2.31. The average Bonchev–Trinajstić information content (AvgIpc) is 2.45.